The largest absolute Gasteiger partial charge is 0.385 e. The summed E-state index contributed by atoms with van der Waals surface area (Å²) in [5.74, 6) is 1.09. The van der Waals surface area contributed by atoms with Crippen LogP contribution >= 0.6 is 0 Å². The van der Waals surface area contributed by atoms with E-state index in [0.29, 0.717) is 0 Å². The van der Waals surface area contributed by atoms with Crippen molar-refractivity contribution in [2.75, 3.05) is 38.3 Å². The second-order valence-corrected chi connectivity index (χ2v) is 5.53. The minimum atomic E-state index is 0.207. The molecular weight excluding hydrogens is 268 g/mol. The predicted octanol–water partition coefficient (Wildman–Crippen LogP) is 1.59. The Kier molecular flexibility index (Phi) is 4.07. The van der Waals surface area contributed by atoms with Crippen molar-refractivity contribution in [3.05, 3.63) is 23.5 Å². The number of hydrogen-bond donors (Lipinski definition) is 0. The average molecular weight is 290 g/mol. The molecule has 0 N–H and O–H groups in total. The van der Waals surface area contributed by atoms with E-state index in [-0.39, 0.29) is 6.10 Å². The average Bonchev–Trinajstić information content (AvgIpc) is 2.84. The van der Waals surface area contributed by atoms with Crippen molar-refractivity contribution >= 4 is 11.5 Å². The van der Waals surface area contributed by atoms with E-state index in [0.717, 1.165) is 55.6 Å². The number of fused-ring (bicyclic) bond motifs is 1. The molecule has 114 valence electrons. The van der Waals surface area contributed by atoms with Gasteiger partial charge in [-0.1, -0.05) is 0 Å². The monoisotopic (exact) mass is 290 g/mol. The Balaban J connectivity index is 1.88. The normalized spacial score (nSPS) is 19.4. The summed E-state index contributed by atoms with van der Waals surface area (Å²) in [5, 5.41) is 4.56. The number of nitrogens with zero attached hydrogens (tertiary/aromatic N) is 4. The molecular formula is C15H22N4O2. The summed E-state index contributed by atoms with van der Waals surface area (Å²) in [4.78, 5) is 6.87. The van der Waals surface area contributed by atoms with Gasteiger partial charge in [0.15, 0.2) is 5.65 Å². The van der Waals surface area contributed by atoms with Crippen molar-refractivity contribution in [3.63, 3.8) is 0 Å². The lowest BCUT2D eigenvalue weighted by Gasteiger charge is -2.34. The first-order valence-electron chi connectivity index (χ1n) is 7.37. The van der Waals surface area contributed by atoms with Gasteiger partial charge in [-0.25, -0.2) is 4.98 Å². The molecule has 3 heterocycles. The lowest BCUT2D eigenvalue weighted by atomic mass is 10.2. The number of rotatable bonds is 4. The smallest absolute Gasteiger partial charge is 0.157 e. The van der Waals surface area contributed by atoms with Gasteiger partial charge in [-0.15, -0.1) is 0 Å². The summed E-state index contributed by atoms with van der Waals surface area (Å²) in [5.41, 5.74) is 2.90. The van der Waals surface area contributed by atoms with Crippen molar-refractivity contribution in [3.8, 4) is 0 Å². The Morgan fingerprint density at radius 3 is 3.00 bits per heavy atom. The fourth-order valence-electron chi connectivity index (χ4n) is 2.77. The summed E-state index contributed by atoms with van der Waals surface area (Å²) in [6.45, 7) is 7.21. The van der Waals surface area contributed by atoms with Crippen LogP contribution in [0.3, 0.4) is 0 Å². The van der Waals surface area contributed by atoms with Crippen molar-refractivity contribution in [1.82, 2.24) is 14.6 Å². The summed E-state index contributed by atoms with van der Waals surface area (Å²) in [6.07, 6.45) is 1.12. The highest BCUT2D eigenvalue weighted by molar-refractivity contribution is 5.52. The van der Waals surface area contributed by atoms with Crippen LogP contribution in [-0.4, -0.2) is 54.1 Å². The molecule has 0 spiro atoms. The summed E-state index contributed by atoms with van der Waals surface area (Å²) in [6, 6.07) is 4.11. The summed E-state index contributed by atoms with van der Waals surface area (Å²) >= 11 is 0. The summed E-state index contributed by atoms with van der Waals surface area (Å²) in [7, 11) is 1.73. The van der Waals surface area contributed by atoms with Crippen molar-refractivity contribution in [2.24, 2.45) is 0 Å². The van der Waals surface area contributed by atoms with Crippen LogP contribution < -0.4 is 4.90 Å². The SMILES string of the molecule is COCC[C@H]1CN(c2cc(C)nc3cc(C)nn23)CCO1. The molecule has 1 fully saturated rings. The van der Waals surface area contributed by atoms with Gasteiger partial charge in [0.05, 0.1) is 18.4 Å². The first kappa shape index (κ1) is 14.3. The molecule has 1 saturated heterocycles. The number of methoxy groups -OCH3 is 1. The van der Waals surface area contributed by atoms with Crippen LogP contribution in [0, 0.1) is 13.8 Å². The van der Waals surface area contributed by atoms with Crippen LogP contribution in [0.1, 0.15) is 17.8 Å². The van der Waals surface area contributed by atoms with Crippen molar-refractivity contribution < 1.29 is 9.47 Å². The summed E-state index contributed by atoms with van der Waals surface area (Å²) < 4.78 is 12.9. The molecule has 2 aromatic rings. The number of hydrogen-bond acceptors (Lipinski definition) is 5. The maximum Gasteiger partial charge on any atom is 0.157 e. The molecule has 0 aromatic carbocycles. The minimum Gasteiger partial charge on any atom is -0.385 e. The van der Waals surface area contributed by atoms with E-state index in [1.807, 2.05) is 24.4 Å². The molecule has 21 heavy (non-hydrogen) atoms. The second kappa shape index (κ2) is 5.99. The van der Waals surface area contributed by atoms with E-state index in [2.05, 4.69) is 21.0 Å². The van der Waals surface area contributed by atoms with Crippen LogP contribution in [0.2, 0.25) is 0 Å². The Labute approximate surface area is 124 Å². The van der Waals surface area contributed by atoms with E-state index in [1.54, 1.807) is 7.11 Å². The van der Waals surface area contributed by atoms with Gasteiger partial charge < -0.3 is 14.4 Å². The number of aryl methyl sites for hydroxylation is 2. The first-order valence-corrected chi connectivity index (χ1v) is 7.37. The highest BCUT2D eigenvalue weighted by atomic mass is 16.5. The third-order valence-electron chi connectivity index (χ3n) is 3.77. The molecule has 3 rings (SSSR count). The van der Waals surface area contributed by atoms with E-state index in [4.69, 9.17) is 9.47 Å². The zero-order valence-corrected chi connectivity index (χ0v) is 12.9. The van der Waals surface area contributed by atoms with E-state index in [1.165, 1.54) is 0 Å². The Bertz CT molecular complexity index is 625. The van der Waals surface area contributed by atoms with Crippen LogP contribution in [0.4, 0.5) is 5.82 Å². The Morgan fingerprint density at radius 2 is 2.19 bits per heavy atom. The van der Waals surface area contributed by atoms with Gasteiger partial charge in [-0.05, 0) is 20.3 Å². The highest BCUT2D eigenvalue weighted by Crippen LogP contribution is 2.21. The van der Waals surface area contributed by atoms with Crippen LogP contribution in [0.25, 0.3) is 5.65 Å². The van der Waals surface area contributed by atoms with E-state index >= 15 is 0 Å². The van der Waals surface area contributed by atoms with Crippen LogP contribution in [0.5, 0.6) is 0 Å². The molecule has 2 aromatic heterocycles. The van der Waals surface area contributed by atoms with Gasteiger partial charge in [0.2, 0.25) is 0 Å². The van der Waals surface area contributed by atoms with Crippen molar-refractivity contribution in [1.29, 1.82) is 0 Å². The van der Waals surface area contributed by atoms with Gasteiger partial charge in [-0.3, -0.25) is 0 Å². The molecule has 0 aliphatic carbocycles. The fourth-order valence-corrected chi connectivity index (χ4v) is 2.77. The molecule has 1 aliphatic heterocycles. The van der Waals surface area contributed by atoms with E-state index in [9.17, 15) is 0 Å². The topological polar surface area (TPSA) is 51.9 Å². The molecule has 0 radical (unpaired) electrons. The molecule has 0 amide bonds. The zero-order chi connectivity index (χ0) is 14.8. The zero-order valence-electron chi connectivity index (χ0n) is 12.9. The molecule has 0 saturated carbocycles. The lowest BCUT2D eigenvalue weighted by Crippen LogP contribution is -2.43. The quantitative estimate of drug-likeness (QED) is 0.856. The van der Waals surface area contributed by atoms with Crippen LogP contribution in [-0.2, 0) is 9.47 Å². The molecule has 0 bridgehead atoms. The lowest BCUT2D eigenvalue weighted by molar-refractivity contribution is 0.0188. The molecule has 0 unspecified atom stereocenters. The first-order chi connectivity index (χ1) is 10.2. The Hall–Kier alpha value is -1.66. The van der Waals surface area contributed by atoms with Crippen molar-refractivity contribution in [2.45, 2.75) is 26.4 Å². The number of morpholine rings is 1. The van der Waals surface area contributed by atoms with Gasteiger partial charge in [0, 0.05) is 44.6 Å². The standard InChI is InChI=1S/C15H22N4O2/c1-11-9-15(19-14(16-11)8-12(2)17-19)18-5-7-21-13(10-18)4-6-20-3/h8-9,13H,4-7,10H2,1-3H3/t13-/m0/s1. The van der Waals surface area contributed by atoms with E-state index < -0.39 is 0 Å². The Morgan fingerprint density at radius 1 is 1.33 bits per heavy atom. The molecule has 6 heteroatoms. The van der Waals surface area contributed by atoms with Gasteiger partial charge in [0.1, 0.15) is 5.82 Å². The number of anilines is 1. The van der Waals surface area contributed by atoms with Crippen LogP contribution in [0.15, 0.2) is 12.1 Å². The maximum atomic E-state index is 5.81. The highest BCUT2D eigenvalue weighted by Gasteiger charge is 2.23. The van der Waals surface area contributed by atoms with Gasteiger partial charge in [0.25, 0.3) is 0 Å². The third kappa shape index (κ3) is 3.01. The minimum absolute atomic E-state index is 0.207. The molecule has 1 aliphatic rings. The van der Waals surface area contributed by atoms with Gasteiger partial charge >= 0.3 is 0 Å². The predicted molar refractivity (Wildman–Crippen MR) is 80.9 cm³/mol. The number of aromatic nitrogens is 3. The fraction of sp³-hybridized carbons (Fsp3) is 0.600. The maximum absolute atomic E-state index is 5.81. The molecule has 6 nitrogen and oxygen atoms in total. The number of ether oxygens (including phenoxy) is 2. The second-order valence-electron chi connectivity index (χ2n) is 5.53. The van der Waals surface area contributed by atoms with Gasteiger partial charge in [-0.2, -0.15) is 9.61 Å². The molecule has 1 atom stereocenters. The third-order valence-corrected chi connectivity index (χ3v) is 3.77.